The van der Waals surface area contributed by atoms with E-state index in [4.69, 9.17) is 0 Å². The fourth-order valence-electron chi connectivity index (χ4n) is 3.46. The molecule has 23 heavy (non-hydrogen) atoms. The van der Waals surface area contributed by atoms with Crippen molar-refractivity contribution in [2.45, 2.75) is 58.5 Å². The number of nitrogens with one attached hydrogen (secondary N) is 2. The second-order valence-corrected chi connectivity index (χ2v) is 7.30. The van der Waals surface area contributed by atoms with Gasteiger partial charge in [0.1, 0.15) is 0 Å². The van der Waals surface area contributed by atoms with Gasteiger partial charge in [0.25, 0.3) is 0 Å². The molecule has 2 N–H and O–H groups in total. The largest absolute Gasteiger partial charge is 0.353 e. The van der Waals surface area contributed by atoms with Crippen LogP contribution in [0.1, 0.15) is 46.5 Å². The first-order valence-corrected chi connectivity index (χ1v) is 9.03. The van der Waals surface area contributed by atoms with Crippen LogP contribution in [0.15, 0.2) is 0 Å². The summed E-state index contributed by atoms with van der Waals surface area (Å²) >= 11 is 0. The number of urea groups is 1. The topological polar surface area (TPSA) is 64.7 Å². The van der Waals surface area contributed by atoms with E-state index in [1.807, 2.05) is 18.7 Å². The summed E-state index contributed by atoms with van der Waals surface area (Å²) < 4.78 is 0. The first-order valence-electron chi connectivity index (χ1n) is 9.03. The Labute approximate surface area is 140 Å². The molecule has 0 radical (unpaired) electrons. The van der Waals surface area contributed by atoms with Crippen LogP contribution in [0, 0.1) is 5.92 Å². The molecule has 132 valence electrons. The molecule has 2 rings (SSSR count). The monoisotopic (exact) mass is 324 g/mol. The molecule has 6 heteroatoms. The summed E-state index contributed by atoms with van der Waals surface area (Å²) in [6.07, 6.45) is 4.81. The first kappa shape index (κ1) is 18.0. The third-order valence-corrected chi connectivity index (χ3v) is 4.90. The first-order chi connectivity index (χ1) is 11.0. The lowest BCUT2D eigenvalue weighted by atomic mass is 9.86. The molecule has 0 aromatic heterocycles. The summed E-state index contributed by atoms with van der Waals surface area (Å²) in [4.78, 5) is 28.2. The van der Waals surface area contributed by atoms with E-state index in [2.05, 4.69) is 22.5 Å². The Morgan fingerprint density at radius 2 is 1.74 bits per heavy atom. The van der Waals surface area contributed by atoms with Crippen molar-refractivity contribution < 1.29 is 9.59 Å². The van der Waals surface area contributed by atoms with Gasteiger partial charge in [0.2, 0.25) is 5.91 Å². The SMILES string of the molecule is CC(C)NC(=O)CN1CCN(C(=O)NC2CCCCC2C)CC1. The van der Waals surface area contributed by atoms with Crippen LogP contribution in [0.2, 0.25) is 0 Å². The molecule has 0 bridgehead atoms. The lowest BCUT2D eigenvalue weighted by Gasteiger charge is -2.37. The van der Waals surface area contributed by atoms with E-state index in [-0.39, 0.29) is 18.0 Å². The Balaban J connectivity index is 1.71. The van der Waals surface area contributed by atoms with Crippen LogP contribution in [0.3, 0.4) is 0 Å². The number of amides is 3. The van der Waals surface area contributed by atoms with Gasteiger partial charge in [0.15, 0.2) is 0 Å². The van der Waals surface area contributed by atoms with Gasteiger partial charge in [-0.25, -0.2) is 4.79 Å². The number of hydrogen-bond acceptors (Lipinski definition) is 3. The molecule has 1 saturated carbocycles. The number of carbonyl (C=O) groups excluding carboxylic acids is 2. The summed E-state index contributed by atoms with van der Waals surface area (Å²) in [6.45, 7) is 9.50. The van der Waals surface area contributed by atoms with Crippen molar-refractivity contribution in [3.05, 3.63) is 0 Å². The Kier molecular flexibility index (Phi) is 6.69. The molecule has 0 spiro atoms. The maximum absolute atomic E-state index is 12.4. The highest BCUT2D eigenvalue weighted by molar-refractivity contribution is 5.78. The standard InChI is InChI=1S/C17H32N4O2/c1-13(2)18-16(22)12-20-8-10-21(11-9-20)17(23)19-15-7-5-4-6-14(15)3/h13-15H,4-12H2,1-3H3,(H,18,22)(H,19,23). The lowest BCUT2D eigenvalue weighted by molar-refractivity contribution is -0.123. The quantitative estimate of drug-likeness (QED) is 0.822. The van der Waals surface area contributed by atoms with E-state index in [0.717, 1.165) is 19.5 Å². The van der Waals surface area contributed by atoms with Crippen LogP contribution < -0.4 is 10.6 Å². The summed E-state index contributed by atoms with van der Waals surface area (Å²) in [5, 5.41) is 6.12. The molecular weight excluding hydrogens is 292 g/mol. The van der Waals surface area contributed by atoms with Gasteiger partial charge < -0.3 is 15.5 Å². The third kappa shape index (κ3) is 5.68. The molecule has 2 unspecified atom stereocenters. The zero-order valence-electron chi connectivity index (χ0n) is 14.8. The van der Waals surface area contributed by atoms with E-state index in [1.54, 1.807) is 0 Å². The van der Waals surface area contributed by atoms with Crippen LogP contribution in [0.4, 0.5) is 4.79 Å². The zero-order valence-corrected chi connectivity index (χ0v) is 14.8. The molecule has 1 aliphatic carbocycles. The van der Waals surface area contributed by atoms with Crippen molar-refractivity contribution in [3.8, 4) is 0 Å². The number of rotatable bonds is 4. The van der Waals surface area contributed by atoms with Crippen LogP contribution >= 0.6 is 0 Å². The maximum Gasteiger partial charge on any atom is 0.317 e. The van der Waals surface area contributed by atoms with Gasteiger partial charge in [-0.2, -0.15) is 0 Å². The fourth-order valence-corrected chi connectivity index (χ4v) is 3.46. The molecule has 2 aliphatic rings. The van der Waals surface area contributed by atoms with Crippen molar-refractivity contribution in [2.75, 3.05) is 32.7 Å². The van der Waals surface area contributed by atoms with Crippen LogP contribution in [0.25, 0.3) is 0 Å². The minimum absolute atomic E-state index is 0.0638. The van der Waals surface area contributed by atoms with Crippen LogP contribution in [-0.4, -0.2) is 66.5 Å². The Hall–Kier alpha value is -1.30. The maximum atomic E-state index is 12.4. The molecular formula is C17H32N4O2. The van der Waals surface area contributed by atoms with Gasteiger partial charge in [-0.15, -0.1) is 0 Å². The average Bonchev–Trinajstić information content (AvgIpc) is 2.49. The Morgan fingerprint density at radius 1 is 1.09 bits per heavy atom. The van der Waals surface area contributed by atoms with E-state index in [1.165, 1.54) is 19.3 Å². The second-order valence-electron chi connectivity index (χ2n) is 7.30. The van der Waals surface area contributed by atoms with Gasteiger partial charge in [0.05, 0.1) is 6.54 Å². The normalized spacial score (nSPS) is 26.2. The molecule has 1 saturated heterocycles. The minimum Gasteiger partial charge on any atom is -0.353 e. The predicted octanol–water partition coefficient (Wildman–Crippen LogP) is 1.42. The van der Waals surface area contributed by atoms with Crippen molar-refractivity contribution in [3.63, 3.8) is 0 Å². The van der Waals surface area contributed by atoms with Gasteiger partial charge in [0, 0.05) is 38.3 Å². The smallest absolute Gasteiger partial charge is 0.317 e. The van der Waals surface area contributed by atoms with Crippen molar-refractivity contribution in [1.82, 2.24) is 20.4 Å². The summed E-state index contributed by atoms with van der Waals surface area (Å²) in [7, 11) is 0. The number of hydrogen-bond donors (Lipinski definition) is 2. The lowest BCUT2D eigenvalue weighted by Crippen LogP contribution is -2.55. The summed E-state index contributed by atoms with van der Waals surface area (Å²) in [5.41, 5.74) is 0. The molecule has 1 heterocycles. The molecule has 6 nitrogen and oxygen atoms in total. The Bertz CT molecular complexity index is 405. The van der Waals surface area contributed by atoms with Crippen LogP contribution in [-0.2, 0) is 4.79 Å². The summed E-state index contributed by atoms with van der Waals surface area (Å²) in [6, 6.07) is 0.563. The van der Waals surface area contributed by atoms with Gasteiger partial charge in [-0.3, -0.25) is 9.69 Å². The van der Waals surface area contributed by atoms with E-state index in [9.17, 15) is 9.59 Å². The van der Waals surface area contributed by atoms with Crippen molar-refractivity contribution in [2.24, 2.45) is 5.92 Å². The molecule has 3 amide bonds. The van der Waals surface area contributed by atoms with Gasteiger partial charge in [-0.05, 0) is 32.6 Å². The van der Waals surface area contributed by atoms with E-state index < -0.39 is 0 Å². The van der Waals surface area contributed by atoms with Gasteiger partial charge >= 0.3 is 6.03 Å². The number of piperazine rings is 1. The average molecular weight is 324 g/mol. The zero-order chi connectivity index (χ0) is 16.8. The number of carbonyl (C=O) groups is 2. The van der Waals surface area contributed by atoms with Gasteiger partial charge in [-0.1, -0.05) is 19.8 Å². The summed E-state index contributed by atoms with van der Waals surface area (Å²) in [5.74, 6) is 0.641. The molecule has 0 aromatic carbocycles. The van der Waals surface area contributed by atoms with E-state index >= 15 is 0 Å². The molecule has 2 atom stereocenters. The molecule has 1 aliphatic heterocycles. The Morgan fingerprint density at radius 3 is 2.35 bits per heavy atom. The highest BCUT2D eigenvalue weighted by Gasteiger charge is 2.27. The highest BCUT2D eigenvalue weighted by Crippen LogP contribution is 2.23. The predicted molar refractivity (Wildman–Crippen MR) is 91.2 cm³/mol. The van der Waals surface area contributed by atoms with E-state index in [0.29, 0.717) is 31.6 Å². The van der Waals surface area contributed by atoms with Crippen molar-refractivity contribution in [1.29, 1.82) is 0 Å². The van der Waals surface area contributed by atoms with Crippen molar-refractivity contribution >= 4 is 11.9 Å². The number of nitrogens with zero attached hydrogens (tertiary/aromatic N) is 2. The van der Waals surface area contributed by atoms with Crippen LogP contribution in [0.5, 0.6) is 0 Å². The fraction of sp³-hybridized carbons (Fsp3) is 0.882. The highest BCUT2D eigenvalue weighted by atomic mass is 16.2. The molecule has 2 fully saturated rings. The third-order valence-electron chi connectivity index (χ3n) is 4.90. The minimum atomic E-state index is 0.0638. The second kappa shape index (κ2) is 8.52. The molecule has 0 aromatic rings.